The Morgan fingerprint density at radius 1 is 1.20 bits per heavy atom. The molecule has 3 N–H and O–H groups in total. The smallest absolute Gasteiger partial charge is 0.251 e. The summed E-state index contributed by atoms with van der Waals surface area (Å²) < 4.78 is 0. The molecule has 0 spiro atoms. The summed E-state index contributed by atoms with van der Waals surface area (Å²) in [7, 11) is 0. The van der Waals surface area contributed by atoms with E-state index in [2.05, 4.69) is 16.0 Å². The Labute approximate surface area is 155 Å². The van der Waals surface area contributed by atoms with Gasteiger partial charge >= 0.3 is 0 Å². The number of carbonyl (C=O) groups excluding carboxylic acids is 2. The molecule has 1 fully saturated rings. The summed E-state index contributed by atoms with van der Waals surface area (Å²) in [4.78, 5) is 24.0. The van der Waals surface area contributed by atoms with Crippen LogP contribution in [0.5, 0.6) is 0 Å². The van der Waals surface area contributed by atoms with Crippen molar-refractivity contribution in [3.8, 4) is 0 Å². The van der Waals surface area contributed by atoms with Crippen LogP contribution in [0, 0.1) is 5.92 Å². The monoisotopic (exact) mass is 361 g/mol. The zero-order valence-corrected chi connectivity index (χ0v) is 15.7. The summed E-state index contributed by atoms with van der Waals surface area (Å²) >= 11 is 5.19. The van der Waals surface area contributed by atoms with Gasteiger partial charge in [0.2, 0.25) is 5.91 Å². The molecular formula is C19H27N3O2S. The highest BCUT2D eigenvalue weighted by Gasteiger charge is 2.18. The fourth-order valence-electron chi connectivity index (χ4n) is 2.93. The summed E-state index contributed by atoms with van der Waals surface area (Å²) in [5.41, 5.74) is 1.34. The molecule has 1 unspecified atom stereocenters. The van der Waals surface area contributed by atoms with Crippen LogP contribution in [-0.4, -0.2) is 23.0 Å². The van der Waals surface area contributed by atoms with Gasteiger partial charge in [-0.2, -0.15) is 0 Å². The fourth-order valence-corrected chi connectivity index (χ4v) is 3.16. The van der Waals surface area contributed by atoms with Crippen LogP contribution in [0.3, 0.4) is 0 Å². The molecule has 25 heavy (non-hydrogen) atoms. The maximum absolute atomic E-state index is 12.0. The van der Waals surface area contributed by atoms with E-state index >= 15 is 0 Å². The number of carbonyl (C=O) groups is 2. The number of hydrogen-bond acceptors (Lipinski definition) is 3. The lowest BCUT2D eigenvalue weighted by atomic mass is 10.0. The van der Waals surface area contributed by atoms with E-state index in [1.807, 2.05) is 13.8 Å². The molecule has 1 saturated carbocycles. The molecule has 2 amide bonds. The predicted octanol–water partition coefficient (Wildman–Crippen LogP) is 3.61. The van der Waals surface area contributed by atoms with Crippen molar-refractivity contribution in [3.05, 3.63) is 29.8 Å². The van der Waals surface area contributed by atoms with Gasteiger partial charge in [0, 0.05) is 23.7 Å². The predicted molar refractivity (Wildman–Crippen MR) is 105 cm³/mol. The molecular weight excluding hydrogens is 334 g/mol. The van der Waals surface area contributed by atoms with Crippen LogP contribution in [-0.2, 0) is 4.79 Å². The highest BCUT2D eigenvalue weighted by atomic mass is 32.1. The molecule has 0 aliphatic heterocycles. The maximum atomic E-state index is 12.0. The van der Waals surface area contributed by atoms with Gasteiger partial charge < -0.3 is 16.0 Å². The Bertz CT molecular complexity index is 610. The van der Waals surface area contributed by atoms with Crippen LogP contribution in [0.4, 0.5) is 5.69 Å². The van der Waals surface area contributed by atoms with Gasteiger partial charge in [0.1, 0.15) is 0 Å². The first kappa shape index (κ1) is 19.4. The molecule has 6 heteroatoms. The molecule has 0 aromatic heterocycles. The second-order valence-electron chi connectivity index (χ2n) is 6.72. The Morgan fingerprint density at radius 3 is 2.44 bits per heavy atom. The minimum Gasteiger partial charge on any atom is -0.350 e. The molecule has 0 heterocycles. The average Bonchev–Trinajstić information content (AvgIpc) is 3.07. The lowest BCUT2D eigenvalue weighted by molar-refractivity contribution is -0.120. The number of amides is 2. The average molecular weight is 362 g/mol. The van der Waals surface area contributed by atoms with E-state index in [9.17, 15) is 9.59 Å². The zero-order valence-electron chi connectivity index (χ0n) is 14.9. The first-order valence-electron chi connectivity index (χ1n) is 8.99. The van der Waals surface area contributed by atoms with Crippen molar-refractivity contribution in [3.63, 3.8) is 0 Å². The zero-order chi connectivity index (χ0) is 18.2. The Hall–Kier alpha value is -1.95. The lowest BCUT2D eigenvalue weighted by Gasteiger charge is -2.13. The summed E-state index contributed by atoms with van der Waals surface area (Å²) in [5, 5.41) is 8.93. The van der Waals surface area contributed by atoms with E-state index in [1.54, 1.807) is 24.3 Å². The third-order valence-electron chi connectivity index (χ3n) is 4.60. The van der Waals surface area contributed by atoms with Crippen LogP contribution in [0.15, 0.2) is 24.3 Å². The Morgan fingerprint density at radius 2 is 1.84 bits per heavy atom. The molecule has 1 aromatic rings. The third kappa shape index (κ3) is 6.46. The number of nitrogens with one attached hydrogen (secondary N) is 3. The van der Waals surface area contributed by atoms with Crippen molar-refractivity contribution >= 4 is 34.8 Å². The second-order valence-corrected chi connectivity index (χ2v) is 7.13. The Kier molecular flexibility index (Phi) is 7.37. The van der Waals surface area contributed by atoms with E-state index in [0.29, 0.717) is 23.0 Å². The van der Waals surface area contributed by atoms with E-state index in [1.165, 1.54) is 12.8 Å². The third-order valence-corrected chi connectivity index (χ3v) is 4.80. The number of anilines is 1. The van der Waals surface area contributed by atoms with Gasteiger partial charge in [-0.25, -0.2) is 0 Å². The van der Waals surface area contributed by atoms with Gasteiger partial charge in [-0.1, -0.05) is 19.8 Å². The normalized spacial score (nSPS) is 15.4. The largest absolute Gasteiger partial charge is 0.350 e. The van der Waals surface area contributed by atoms with Crippen LogP contribution < -0.4 is 16.0 Å². The first-order valence-corrected chi connectivity index (χ1v) is 9.40. The lowest BCUT2D eigenvalue weighted by Crippen LogP contribution is -2.35. The number of thiocarbonyl (C=S) groups is 1. The van der Waals surface area contributed by atoms with Gasteiger partial charge in [0.25, 0.3) is 5.91 Å². The van der Waals surface area contributed by atoms with Gasteiger partial charge in [-0.05, 0) is 68.6 Å². The number of rotatable bonds is 6. The first-order chi connectivity index (χ1) is 12.0. The minimum atomic E-state index is -0.0895. The molecule has 1 aromatic carbocycles. The molecule has 2 rings (SSSR count). The van der Waals surface area contributed by atoms with Crippen molar-refractivity contribution in [2.75, 3.05) is 5.32 Å². The van der Waals surface area contributed by atoms with E-state index < -0.39 is 0 Å². The van der Waals surface area contributed by atoms with Crippen LogP contribution in [0.1, 0.15) is 62.7 Å². The topological polar surface area (TPSA) is 70.2 Å². The standard InChI is InChI=1S/C19H27N3O2S/c1-3-13(2)20-18(24)15-8-10-16(11-9-15)21-19(25)22-17(23)12-14-6-4-5-7-14/h8-11,13-14H,3-7,12H2,1-2H3,(H,20,24)(H2,21,22,23,25). The molecule has 0 saturated heterocycles. The minimum absolute atomic E-state index is 0.0334. The second kappa shape index (κ2) is 9.51. The van der Waals surface area contributed by atoms with Gasteiger partial charge in [-0.15, -0.1) is 0 Å². The molecule has 136 valence electrons. The van der Waals surface area contributed by atoms with Crippen LogP contribution in [0.2, 0.25) is 0 Å². The summed E-state index contributed by atoms with van der Waals surface area (Å²) in [6.45, 7) is 4.00. The SMILES string of the molecule is CCC(C)NC(=O)c1ccc(NC(=S)NC(=O)CC2CCCC2)cc1. The molecule has 0 bridgehead atoms. The summed E-state index contributed by atoms with van der Waals surface area (Å²) in [6, 6.07) is 7.18. The summed E-state index contributed by atoms with van der Waals surface area (Å²) in [5.74, 6) is 0.369. The highest BCUT2D eigenvalue weighted by molar-refractivity contribution is 7.80. The number of benzene rings is 1. The van der Waals surface area contributed by atoms with Crippen molar-refractivity contribution in [2.24, 2.45) is 5.92 Å². The van der Waals surface area contributed by atoms with Crippen LogP contribution in [0.25, 0.3) is 0 Å². The number of hydrogen-bond donors (Lipinski definition) is 3. The highest BCUT2D eigenvalue weighted by Crippen LogP contribution is 2.27. The van der Waals surface area contributed by atoms with Crippen LogP contribution >= 0.6 is 12.2 Å². The molecule has 1 aliphatic rings. The molecule has 5 nitrogen and oxygen atoms in total. The van der Waals surface area contributed by atoms with E-state index in [4.69, 9.17) is 12.2 Å². The van der Waals surface area contributed by atoms with Gasteiger partial charge in [0.05, 0.1) is 0 Å². The molecule has 1 aliphatic carbocycles. The van der Waals surface area contributed by atoms with E-state index in [-0.39, 0.29) is 17.9 Å². The van der Waals surface area contributed by atoms with Gasteiger partial charge in [-0.3, -0.25) is 9.59 Å². The van der Waals surface area contributed by atoms with Gasteiger partial charge in [0.15, 0.2) is 5.11 Å². The van der Waals surface area contributed by atoms with Crippen molar-refractivity contribution in [2.45, 2.75) is 58.4 Å². The van der Waals surface area contributed by atoms with E-state index in [0.717, 1.165) is 24.9 Å². The quantitative estimate of drug-likeness (QED) is 0.677. The van der Waals surface area contributed by atoms with Crippen molar-refractivity contribution < 1.29 is 9.59 Å². The van der Waals surface area contributed by atoms with Crippen molar-refractivity contribution in [1.82, 2.24) is 10.6 Å². The maximum Gasteiger partial charge on any atom is 0.251 e. The molecule has 1 atom stereocenters. The fraction of sp³-hybridized carbons (Fsp3) is 0.526. The Balaban J connectivity index is 1.80. The van der Waals surface area contributed by atoms with Crippen molar-refractivity contribution in [1.29, 1.82) is 0 Å². The summed E-state index contributed by atoms with van der Waals surface area (Å²) in [6.07, 6.45) is 6.13. The molecule has 0 radical (unpaired) electrons.